The van der Waals surface area contributed by atoms with Crippen molar-refractivity contribution in [2.24, 2.45) is 0 Å². The summed E-state index contributed by atoms with van der Waals surface area (Å²) in [5.41, 5.74) is 0. The molecule has 0 aliphatic heterocycles. The Labute approximate surface area is 85.0 Å². The number of rotatable bonds is 6. The molecule has 1 aromatic rings. The summed E-state index contributed by atoms with van der Waals surface area (Å²) in [7, 11) is 0. The first-order valence-electron chi connectivity index (χ1n) is 5.13. The SMILES string of the molecule is CCOC(OCC)c1ccc(CC)o1. The van der Waals surface area contributed by atoms with Gasteiger partial charge in [-0.05, 0) is 26.0 Å². The Bertz CT molecular complexity index is 249. The normalized spacial score (nSPS) is 11.1. The summed E-state index contributed by atoms with van der Waals surface area (Å²) in [4.78, 5) is 0. The molecule has 3 nitrogen and oxygen atoms in total. The maximum absolute atomic E-state index is 5.55. The molecule has 0 bridgehead atoms. The molecular weight excluding hydrogens is 180 g/mol. The molecule has 0 saturated carbocycles. The second-order valence-electron chi connectivity index (χ2n) is 2.90. The van der Waals surface area contributed by atoms with Crippen LogP contribution in [0.4, 0.5) is 0 Å². The average molecular weight is 198 g/mol. The zero-order valence-electron chi connectivity index (χ0n) is 9.08. The first kappa shape index (κ1) is 11.3. The minimum Gasteiger partial charge on any atom is -0.461 e. The number of hydrogen-bond donors (Lipinski definition) is 0. The summed E-state index contributed by atoms with van der Waals surface area (Å²) < 4.78 is 16.4. The van der Waals surface area contributed by atoms with Crippen LogP contribution in [0, 0.1) is 0 Å². The second-order valence-corrected chi connectivity index (χ2v) is 2.90. The van der Waals surface area contributed by atoms with Crippen LogP contribution < -0.4 is 0 Å². The Kier molecular flexibility index (Phi) is 4.70. The molecule has 14 heavy (non-hydrogen) atoms. The van der Waals surface area contributed by atoms with Crippen LogP contribution in [0.25, 0.3) is 0 Å². The molecule has 1 aromatic heterocycles. The van der Waals surface area contributed by atoms with E-state index in [-0.39, 0.29) is 6.29 Å². The highest BCUT2D eigenvalue weighted by atomic mass is 16.7. The van der Waals surface area contributed by atoms with Gasteiger partial charge in [0.2, 0.25) is 6.29 Å². The van der Waals surface area contributed by atoms with Crippen LogP contribution in [0.15, 0.2) is 16.5 Å². The van der Waals surface area contributed by atoms with Gasteiger partial charge in [-0.2, -0.15) is 0 Å². The molecule has 0 aliphatic rings. The molecular formula is C11H18O3. The van der Waals surface area contributed by atoms with Crippen molar-refractivity contribution in [3.63, 3.8) is 0 Å². The summed E-state index contributed by atoms with van der Waals surface area (Å²) in [6.07, 6.45) is 0.538. The summed E-state index contributed by atoms with van der Waals surface area (Å²) in [5, 5.41) is 0. The zero-order chi connectivity index (χ0) is 10.4. The maximum Gasteiger partial charge on any atom is 0.217 e. The van der Waals surface area contributed by atoms with Crippen molar-refractivity contribution >= 4 is 0 Å². The molecule has 0 amide bonds. The third-order valence-corrected chi connectivity index (χ3v) is 1.90. The van der Waals surface area contributed by atoms with Gasteiger partial charge in [-0.3, -0.25) is 0 Å². The first-order chi connectivity index (χ1) is 6.81. The van der Waals surface area contributed by atoms with Crippen molar-refractivity contribution in [2.75, 3.05) is 13.2 Å². The highest BCUT2D eigenvalue weighted by Crippen LogP contribution is 2.21. The maximum atomic E-state index is 5.55. The van der Waals surface area contributed by atoms with E-state index in [9.17, 15) is 0 Å². The van der Waals surface area contributed by atoms with Gasteiger partial charge in [0.05, 0.1) is 0 Å². The number of aryl methyl sites for hydroxylation is 1. The number of hydrogen-bond acceptors (Lipinski definition) is 3. The molecule has 1 rings (SSSR count). The van der Waals surface area contributed by atoms with Crippen LogP contribution in [0.3, 0.4) is 0 Å². The molecule has 0 aliphatic carbocycles. The quantitative estimate of drug-likeness (QED) is 0.659. The zero-order valence-corrected chi connectivity index (χ0v) is 9.08. The Morgan fingerprint density at radius 3 is 2.21 bits per heavy atom. The lowest BCUT2D eigenvalue weighted by Gasteiger charge is -2.13. The van der Waals surface area contributed by atoms with Crippen LogP contribution in [-0.2, 0) is 15.9 Å². The molecule has 0 aromatic carbocycles. The van der Waals surface area contributed by atoms with Gasteiger partial charge in [-0.1, -0.05) is 6.92 Å². The molecule has 0 atom stereocenters. The van der Waals surface area contributed by atoms with E-state index in [1.807, 2.05) is 26.0 Å². The van der Waals surface area contributed by atoms with E-state index in [1.165, 1.54) is 0 Å². The third-order valence-electron chi connectivity index (χ3n) is 1.90. The van der Waals surface area contributed by atoms with E-state index < -0.39 is 0 Å². The van der Waals surface area contributed by atoms with E-state index >= 15 is 0 Å². The van der Waals surface area contributed by atoms with Gasteiger partial charge < -0.3 is 13.9 Å². The lowest BCUT2D eigenvalue weighted by Crippen LogP contribution is -2.07. The lowest BCUT2D eigenvalue weighted by molar-refractivity contribution is -0.150. The fourth-order valence-electron chi connectivity index (χ4n) is 1.23. The van der Waals surface area contributed by atoms with Crippen LogP contribution in [0.1, 0.15) is 38.6 Å². The van der Waals surface area contributed by atoms with Crippen molar-refractivity contribution in [2.45, 2.75) is 33.5 Å². The van der Waals surface area contributed by atoms with Gasteiger partial charge in [-0.15, -0.1) is 0 Å². The highest BCUT2D eigenvalue weighted by molar-refractivity contribution is 5.08. The fraction of sp³-hybridized carbons (Fsp3) is 0.636. The molecule has 1 heterocycles. The molecule has 0 unspecified atom stereocenters. The minimum absolute atomic E-state index is 0.356. The molecule has 0 spiro atoms. The summed E-state index contributed by atoms with van der Waals surface area (Å²) in [6.45, 7) is 7.17. The smallest absolute Gasteiger partial charge is 0.217 e. The van der Waals surface area contributed by atoms with E-state index in [4.69, 9.17) is 13.9 Å². The van der Waals surface area contributed by atoms with Gasteiger partial charge in [0.15, 0.2) is 5.76 Å². The second kappa shape index (κ2) is 5.83. The van der Waals surface area contributed by atoms with Crippen LogP contribution in [0.5, 0.6) is 0 Å². The van der Waals surface area contributed by atoms with E-state index in [2.05, 4.69) is 6.92 Å². The van der Waals surface area contributed by atoms with E-state index in [1.54, 1.807) is 0 Å². The molecule has 0 radical (unpaired) electrons. The Hall–Kier alpha value is -0.800. The Morgan fingerprint density at radius 2 is 1.79 bits per heavy atom. The predicted octanol–water partition coefficient (Wildman–Crippen LogP) is 2.91. The first-order valence-corrected chi connectivity index (χ1v) is 5.13. The average Bonchev–Trinajstić information content (AvgIpc) is 2.65. The number of ether oxygens (including phenoxy) is 2. The van der Waals surface area contributed by atoms with Crippen molar-refractivity contribution in [3.8, 4) is 0 Å². The van der Waals surface area contributed by atoms with E-state index in [0.717, 1.165) is 17.9 Å². The molecule has 0 fully saturated rings. The van der Waals surface area contributed by atoms with Crippen molar-refractivity contribution in [1.82, 2.24) is 0 Å². The van der Waals surface area contributed by atoms with Gasteiger partial charge >= 0.3 is 0 Å². The highest BCUT2D eigenvalue weighted by Gasteiger charge is 2.15. The summed E-state index contributed by atoms with van der Waals surface area (Å²) >= 11 is 0. The van der Waals surface area contributed by atoms with Crippen LogP contribution in [-0.4, -0.2) is 13.2 Å². The van der Waals surface area contributed by atoms with Gasteiger partial charge in [0.25, 0.3) is 0 Å². The van der Waals surface area contributed by atoms with Crippen molar-refractivity contribution in [3.05, 3.63) is 23.7 Å². The Morgan fingerprint density at radius 1 is 1.14 bits per heavy atom. The topological polar surface area (TPSA) is 31.6 Å². The standard InChI is InChI=1S/C11H18O3/c1-4-9-7-8-10(14-9)11(12-5-2)13-6-3/h7-8,11H,4-6H2,1-3H3. The van der Waals surface area contributed by atoms with Crippen LogP contribution >= 0.6 is 0 Å². The molecule has 3 heteroatoms. The summed E-state index contributed by atoms with van der Waals surface area (Å²) in [6, 6.07) is 3.87. The molecule has 0 N–H and O–H groups in total. The molecule has 0 saturated heterocycles. The fourth-order valence-corrected chi connectivity index (χ4v) is 1.23. The summed E-state index contributed by atoms with van der Waals surface area (Å²) in [5.74, 6) is 1.72. The van der Waals surface area contributed by atoms with Crippen molar-refractivity contribution < 1.29 is 13.9 Å². The third kappa shape index (κ3) is 2.86. The van der Waals surface area contributed by atoms with Gasteiger partial charge in [0, 0.05) is 19.6 Å². The van der Waals surface area contributed by atoms with E-state index in [0.29, 0.717) is 13.2 Å². The van der Waals surface area contributed by atoms with Crippen molar-refractivity contribution in [1.29, 1.82) is 0 Å². The lowest BCUT2D eigenvalue weighted by atomic mass is 10.3. The predicted molar refractivity (Wildman–Crippen MR) is 54.1 cm³/mol. The Balaban J connectivity index is 2.65. The van der Waals surface area contributed by atoms with Crippen LogP contribution in [0.2, 0.25) is 0 Å². The minimum atomic E-state index is -0.356. The monoisotopic (exact) mass is 198 g/mol. The number of furan rings is 1. The van der Waals surface area contributed by atoms with Gasteiger partial charge in [-0.25, -0.2) is 0 Å². The largest absolute Gasteiger partial charge is 0.461 e. The molecule has 80 valence electrons. The van der Waals surface area contributed by atoms with Gasteiger partial charge in [0.1, 0.15) is 5.76 Å².